The average Bonchev–Trinajstić information content (AvgIpc) is 2.63. The second-order valence-electron chi connectivity index (χ2n) is 7.55. The van der Waals surface area contributed by atoms with E-state index >= 15 is 0 Å². The lowest BCUT2D eigenvalue weighted by Crippen LogP contribution is -2.48. The molecule has 0 fully saturated rings. The van der Waals surface area contributed by atoms with Crippen molar-refractivity contribution < 1.29 is 18.1 Å². The molecule has 9 heteroatoms. The van der Waals surface area contributed by atoms with Gasteiger partial charge in [-0.3, -0.25) is 19.2 Å². The summed E-state index contributed by atoms with van der Waals surface area (Å²) in [6.45, 7) is 8.83. The Kier molecular flexibility index (Phi) is 6.87. The Morgan fingerprint density at radius 3 is 2.23 bits per heavy atom. The maximum Gasteiger partial charge on any atom is 0.271 e. The fraction of sp³-hybridized carbons (Fsp3) is 0.381. The topological polar surface area (TPSA) is 110 Å². The minimum Gasteiger partial charge on any atom is -0.348 e. The van der Waals surface area contributed by atoms with E-state index in [-0.39, 0.29) is 17.4 Å². The van der Waals surface area contributed by atoms with Gasteiger partial charge in [0.1, 0.15) is 6.04 Å². The summed E-state index contributed by atoms with van der Waals surface area (Å²) >= 11 is 0. The van der Waals surface area contributed by atoms with Crippen LogP contribution in [0.2, 0.25) is 0 Å². The molecule has 8 nitrogen and oxygen atoms in total. The predicted octanol–water partition coefficient (Wildman–Crippen LogP) is 3.55. The van der Waals surface area contributed by atoms with Crippen LogP contribution in [-0.4, -0.2) is 31.5 Å². The normalized spacial score (nSPS) is 13.4. The highest BCUT2D eigenvalue weighted by Gasteiger charge is 2.32. The summed E-state index contributed by atoms with van der Waals surface area (Å²) in [7, 11) is -3.89. The summed E-state index contributed by atoms with van der Waals surface area (Å²) in [6.07, 6.45) is 0.975. The Morgan fingerprint density at radius 1 is 1.07 bits per heavy atom. The number of anilines is 1. The molecular formula is C21H27N3O5S. The summed E-state index contributed by atoms with van der Waals surface area (Å²) in [5.41, 5.74) is 3.36. The molecule has 2 aromatic carbocycles. The lowest BCUT2D eigenvalue weighted by atomic mass is 10.00. The van der Waals surface area contributed by atoms with Gasteiger partial charge in [-0.15, -0.1) is 0 Å². The monoisotopic (exact) mass is 433 g/mol. The van der Waals surface area contributed by atoms with Crippen molar-refractivity contribution in [2.24, 2.45) is 0 Å². The number of nitro benzene ring substituents is 1. The number of carbonyl (C=O) groups is 1. The van der Waals surface area contributed by atoms with E-state index in [0.29, 0.717) is 5.56 Å². The molecule has 0 aromatic heterocycles. The second-order valence-corrected chi connectivity index (χ2v) is 9.41. The maximum atomic E-state index is 13.0. The number of carbonyl (C=O) groups excluding carboxylic acids is 1. The molecule has 0 aliphatic heterocycles. The number of sulfonamides is 1. The maximum absolute atomic E-state index is 13.0. The van der Waals surface area contributed by atoms with E-state index in [0.717, 1.165) is 27.3 Å². The summed E-state index contributed by atoms with van der Waals surface area (Å²) in [4.78, 5) is 23.5. The van der Waals surface area contributed by atoms with Gasteiger partial charge in [-0.05, 0) is 51.3 Å². The van der Waals surface area contributed by atoms with E-state index in [2.05, 4.69) is 5.32 Å². The molecule has 2 rings (SSSR count). The summed E-state index contributed by atoms with van der Waals surface area (Å²) < 4.78 is 26.0. The Labute approximate surface area is 177 Å². The van der Waals surface area contributed by atoms with Crippen LogP contribution in [0, 0.1) is 30.9 Å². The van der Waals surface area contributed by atoms with E-state index < -0.39 is 26.9 Å². The zero-order chi connectivity index (χ0) is 22.8. The number of hydrogen-bond donors (Lipinski definition) is 1. The third-order valence-electron chi connectivity index (χ3n) is 4.99. The van der Waals surface area contributed by atoms with Gasteiger partial charge in [0.25, 0.3) is 5.69 Å². The van der Waals surface area contributed by atoms with Gasteiger partial charge in [-0.1, -0.05) is 29.8 Å². The molecule has 2 aromatic rings. The summed E-state index contributed by atoms with van der Waals surface area (Å²) in [5.74, 6) is -0.500. The molecule has 1 amide bonds. The quantitative estimate of drug-likeness (QED) is 0.530. The van der Waals surface area contributed by atoms with Crippen LogP contribution in [0.15, 0.2) is 36.4 Å². The van der Waals surface area contributed by atoms with E-state index in [1.165, 1.54) is 25.1 Å². The van der Waals surface area contributed by atoms with Crippen molar-refractivity contribution in [3.8, 4) is 0 Å². The molecule has 162 valence electrons. The van der Waals surface area contributed by atoms with Crippen LogP contribution in [0.4, 0.5) is 11.4 Å². The zero-order valence-electron chi connectivity index (χ0n) is 18.0. The highest BCUT2D eigenvalue weighted by Crippen LogP contribution is 2.29. The largest absolute Gasteiger partial charge is 0.348 e. The summed E-state index contributed by atoms with van der Waals surface area (Å²) in [6, 6.07) is 8.42. The van der Waals surface area contributed by atoms with Crippen LogP contribution in [0.1, 0.15) is 42.1 Å². The number of aryl methyl sites for hydroxylation is 3. The van der Waals surface area contributed by atoms with Gasteiger partial charge in [0, 0.05) is 12.1 Å². The van der Waals surface area contributed by atoms with Crippen LogP contribution in [0.3, 0.4) is 0 Å². The first kappa shape index (κ1) is 23.3. The molecule has 0 saturated heterocycles. The van der Waals surface area contributed by atoms with Crippen molar-refractivity contribution in [1.82, 2.24) is 5.32 Å². The van der Waals surface area contributed by atoms with Crippen molar-refractivity contribution in [2.45, 2.75) is 46.7 Å². The Bertz CT molecular complexity index is 1080. The molecule has 0 spiro atoms. The first-order valence-corrected chi connectivity index (χ1v) is 11.3. The van der Waals surface area contributed by atoms with Gasteiger partial charge in [0.2, 0.25) is 15.9 Å². The molecule has 0 radical (unpaired) electrons. The van der Waals surface area contributed by atoms with Crippen LogP contribution in [0.5, 0.6) is 0 Å². The van der Waals surface area contributed by atoms with Crippen LogP contribution >= 0.6 is 0 Å². The first-order valence-electron chi connectivity index (χ1n) is 9.45. The lowest BCUT2D eigenvalue weighted by Gasteiger charge is -2.30. The molecule has 0 saturated carbocycles. The van der Waals surface area contributed by atoms with Crippen molar-refractivity contribution in [1.29, 1.82) is 0 Å². The Hall–Kier alpha value is -2.94. The van der Waals surface area contributed by atoms with Crippen molar-refractivity contribution in [3.63, 3.8) is 0 Å². The molecule has 30 heavy (non-hydrogen) atoms. The highest BCUT2D eigenvalue weighted by atomic mass is 32.2. The number of nitrogens with zero attached hydrogens (tertiary/aromatic N) is 2. The standard InChI is InChI=1S/C21H27N3O5S/c1-13-7-8-14(2)19(11-13)16(4)22-21(25)17(5)23(30(6,28)29)20-12-18(24(26)27)10-9-15(20)3/h7-12,16-17H,1-6H3,(H,22,25)/t16-,17+/m1/s1. The van der Waals surface area contributed by atoms with Gasteiger partial charge in [0.05, 0.1) is 22.9 Å². The predicted molar refractivity (Wildman–Crippen MR) is 117 cm³/mol. The fourth-order valence-corrected chi connectivity index (χ4v) is 4.59. The number of hydrogen-bond acceptors (Lipinski definition) is 5. The average molecular weight is 434 g/mol. The molecule has 0 aliphatic carbocycles. The number of benzene rings is 2. The SMILES string of the molecule is Cc1ccc(C)c([C@@H](C)NC(=O)[C@H](C)N(c2cc([N+](=O)[O-])ccc2C)S(C)(=O)=O)c1. The number of nitro groups is 1. The minimum atomic E-state index is -3.89. The third kappa shape index (κ3) is 5.15. The van der Waals surface area contributed by atoms with Crippen molar-refractivity contribution >= 4 is 27.3 Å². The number of rotatable bonds is 7. The van der Waals surface area contributed by atoms with Gasteiger partial charge in [0.15, 0.2) is 0 Å². The van der Waals surface area contributed by atoms with Crippen LogP contribution in [0.25, 0.3) is 0 Å². The van der Waals surface area contributed by atoms with Crippen LogP contribution in [-0.2, 0) is 14.8 Å². The van der Waals surface area contributed by atoms with Crippen molar-refractivity contribution in [3.05, 3.63) is 68.8 Å². The highest BCUT2D eigenvalue weighted by molar-refractivity contribution is 7.92. The molecule has 0 aliphatic rings. The number of nitrogens with one attached hydrogen (secondary N) is 1. The first-order chi connectivity index (χ1) is 13.8. The van der Waals surface area contributed by atoms with Gasteiger partial charge < -0.3 is 5.32 Å². The van der Waals surface area contributed by atoms with Gasteiger partial charge >= 0.3 is 0 Å². The van der Waals surface area contributed by atoms with E-state index in [4.69, 9.17) is 0 Å². The van der Waals surface area contributed by atoms with Crippen molar-refractivity contribution in [2.75, 3.05) is 10.6 Å². The van der Waals surface area contributed by atoms with Crippen LogP contribution < -0.4 is 9.62 Å². The third-order valence-corrected chi connectivity index (χ3v) is 6.22. The molecule has 0 heterocycles. The fourth-order valence-electron chi connectivity index (χ4n) is 3.37. The number of non-ortho nitro benzene ring substituents is 1. The molecule has 0 unspecified atom stereocenters. The smallest absolute Gasteiger partial charge is 0.271 e. The molecular weight excluding hydrogens is 406 g/mol. The van der Waals surface area contributed by atoms with Gasteiger partial charge in [-0.2, -0.15) is 0 Å². The molecule has 2 atom stereocenters. The second kappa shape index (κ2) is 8.83. The Morgan fingerprint density at radius 2 is 1.67 bits per heavy atom. The molecule has 0 bridgehead atoms. The van der Waals surface area contributed by atoms with E-state index in [9.17, 15) is 23.3 Å². The number of amides is 1. The van der Waals surface area contributed by atoms with Gasteiger partial charge in [-0.25, -0.2) is 8.42 Å². The lowest BCUT2D eigenvalue weighted by molar-refractivity contribution is -0.384. The van der Waals surface area contributed by atoms with E-state index in [1.54, 1.807) is 6.92 Å². The Balaban J connectivity index is 2.40. The molecule has 1 N–H and O–H groups in total. The minimum absolute atomic E-state index is 0.105. The summed E-state index contributed by atoms with van der Waals surface area (Å²) in [5, 5.41) is 14.0. The van der Waals surface area contributed by atoms with E-state index in [1.807, 2.05) is 39.0 Å². The zero-order valence-corrected chi connectivity index (χ0v) is 18.8.